The number of nitrogens with two attached hydrogens (primary N) is 1. The normalized spacial score (nSPS) is 41.3. The summed E-state index contributed by atoms with van der Waals surface area (Å²) in [5, 5.41) is 9.28. The zero-order valence-electron chi connectivity index (χ0n) is 12.4. The number of amides is 1. The smallest absolute Gasteiger partial charge is 0.327 e. The van der Waals surface area contributed by atoms with Crippen molar-refractivity contribution in [3.63, 3.8) is 0 Å². The average molecular weight is 314 g/mol. The number of carboxylic acid groups (broad SMARTS) is 1. The molecule has 3 N–H and O–H groups in total. The molecule has 2 saturated heterocycles. The molecule has 1 aliphatic carbocycles. The van der Waals surface area contributed by atoms with Crippen molar-refractivity contribution in [3.05, 3.63) is 0 Å². The SMILES string of the molecule is CC1(C)C2OCCCC2C1(N)C(=O)N1CSCC1C(=O)O. The highest BCUT2D eigenvalue weighted by Crippen LogP contribution is 2.58. The Labute approximate surface area is 128 Å². The van der Waals surface area contributed by atoms with E-state index < -0.39 is 23.0 Å². The molecule has 0 aromatic rings. The second-order valence-corrected chi connectivity index (χ2v) is 7.76. The lowest BCUT2D eigenvalue weighted by molar-refractivity contribution is -0.230. The molecule has 7 heteroatoms. The van der Waals surface area contributed by atoms with Gasteiger partial charge in [-0.05, 0) is 12.8 Å². The Hall–Kier alpha value is -0.790. The fourth-order valence-corrected chi connectivity index (χ4v) is 5.24. The van der Waals surface area contributed by atoms with Crippen LogP contribution < -0.4 is 5.73 Å². The van der Waals surface area contributed by atoms with Crippen LogP contribution in [0.15, 0.2) is 0 Å². The van der Waals surface area contributed by atoms with Gasteiger partial charge in [-0.1, -0.05) is 13.8 Å². The van der Waals surface area contributed by atoms with Gasteiger partial charge in [-0.3, -0.25) is 4.79 Å². The summed E-state index contributed by atoms with van der Waals surface area (Å²) in [6.07, 6.45) is 1.77. The van der Waals surface area contributed by atoms with Crippen molar-refractivity contribution in [3.8, 4) is 0 Å². The van der Waals surface area contributed by atoms with Crippen molar-refractivity contribution >= 4 is 23.6 Å². The highest BCUT2D eigenvalue weighted by Gasteiger charge is 2.71. The fourth-order valence-electron chi connectivity index (χ4n) is 4.10. The van der Waals surface area contributed by atoms with Crippen molar-refractivity contribution in [2.24, 2.45) is 17.1 Å². The molecular weight excluding hydrogens is 292 g/mol. The maximum atomic E-state index is 13.0. The topological polar surface area (TPSA) is 92.9 Å². The van der Waals surface area contributed by atoms with Crippen LogP contribution in [0.3, 0.4) is 0 Å². The van der Waals surface area contributed by atoms with Gasteiger partial charge in [-0.2, -0.15) is 0 Å². The third-order valence-electron chi connectivity index (χ3n) is 5.47. The Kier molecular flexibility index (Phi) is 3.50. The van der Waals surface area contributed by atoms with Gasteiger partial charge in [0.15, 0.2) is 0 Å². The molecule has 4 atom stereocenters. The Morgan fingerprint density at radius 3 is 2.81 bits per heavy atom. The summed E-state index contributed by atoms with van der Waals surface area (Å²) in [6.45, 7) is 4.62. The van der Waals surface area contributed by atoms with Gasteiger partial charge in [-0.25, -0.2) is 4.79 Å². The van der Waals surface area contributed by atoms with E-state index in [4.69, 9.17) is 10.5 Å². The summed E-state index contributed by atoms with van der Waals surface area (Å²) in [4.78, 5) is 25.8. The molecule has 0 aromatic heterocycles. The van der Waals surface area contributed by atoms with Gasteiger partial charge in [0.05, 0.1) is 12.0 Å². The molecule has 1 saturated carbocycles. The quantitative estimate of drug-likeness (QED) is 0.771. The lowest BCUT2D eigenvalue weighted by Gasteiger charge is -2.65. The van der Waals surface area contributed by atoms with E-state index in [9.17, 15) is 14.7 Å². The first-order chi connectivity index (χ1) is 9.81. The first-order valence-corrected chi connectivity index (χ1v) is 8.49. The number of nitrogens with zero attached hydrogens (tertiary/aromatic N) is 1. The van der Waals surface area contributed by atoms with Gasteiger partial charge in [0.1, 0.15) is 11.6 Å². The van der Waals surface area contributed by atoms with Crippen LogP contribution in [0.1, 0.15) is 26.7 Å². The first kappa shape index (κ1) is 15.1. The highest BCUT2D eigenvalue weighted by molar-refractivity contribution is 7.99. The third kappa shape index (κ3) is 1.87. The number of hydrogen-bond acceptors (Lipinski definition) is 5. The van der Waals surface area contributed by atoms with Crippen molar-refractivity contribution in [2.75, 3.05) is 18.2 Å². The van der Waals surface area contributed by atoms with Gasteiger partial charge >= 0.3 is 5.97 Å². The predicted octanol–water partition coefficient (Wildman–Crippen LogP) is 0.505. The molecule has 0 radical (unpaired) electrons. The first-order valence-electron chi connectivity index (χ1n) is 7.34. The molecule has 0 spiro atoms. The van der Waals surface area contributed by atoms with E-state index in [1.165, 1.54) is 16.7 Å². The molecule has 2 heterocycles. The van der Waals surface area contributed by atoms with Crippen LogP contribution in [-0.2, 0) is 14.3 Å². The lowest BCUT2D eigenvalue weighted by atomic mass is 9.46. The number of carboxylic acids is 1. The summed E-state index contributed by atoms with van der Waals surface area (Å²) in [6, 6.07) is -0.762. The monoisotopic (exact) mass is 314 g/mol. The minimum atomic E-state index is -1.02. The van der Waals surface area contributed by atoms with Crippen LogP contribution >= 0.6 is 11.8 Å². The van der Waals surface area contributed by atoms with Gasteiger partial charge in [0.25, 0.3) is 0 Å². The fraction of sp³-hybridized carbons (Fsp3) is 0.857. The van der Waals surface area contributed by atoms with E-state index in [1.54, 1.807) is 0 Å². The number of hydrogen-bond donors (Lipinski definition) is 2. The molecule has 21 heavy (non-hydrogen) atoms. The zero-order valence-corrected chi connectivity index (χ0v) is 13.2. The number of carbonyl (C=O) groups is 2. The van der Waals surface area contributed by atoms with Gasteiger partial charge in [0, 0.05) is 23.7 Å². The Bertz CT molecular complexity index is 484. The zero-order chi connectivity index (χ0) is 15.4. The van der Waals surface area contributed by atoms with Crippen molar-refractivity contribution in [2.45, 2.75) is 44.4 Å². The Balaban J connectivity index is 1.87. The molecule has 3 aliphatic rings. The summed E-state index contributed by atoms with van der Waals surface area (Å²) < 4.78 is 5.80. The molecule has 3 fully saturated rings. The van der Waals surface area contributed by atoms with E-state index in [1.807, 2.05) is 13.8 Å². The van der Waals surface area contributed by atoms with Gasteiger partial charge in [-0.15, -0.1) is 11.8 Å². The summed E-state index contributed by atoms with van der Waals surface area (Å²) >= 11 is 1.46. The highest BCUT2D eigenvalue weighted by atomic mass is 32.2. The van der Waals surface area contributed by atoms with Gasteiger partial charge < -0.3 is 20.5 Å². The van der Waals surface area contributed by atoms with Crippen molar-refractivity contribution in [1.82, 2.24) is 4.90 Å². The number of rotatable bonds is 2. The maximum absolute atomic E-state index is 13.0. The van der Waals surface area contributed by atoms with E-state index in [2.05, 4.69) is 0 Å². The average Bonchev–Trinajstić information content (AvgIpc) is 2.95. The molecule has 0 aromatic carbocycles. The van der Waals surface area contributed by atoms with E-state index in [0.717, 1.165) is 12.8 Å². The molecule has 2 aliphatic heterocycles. The van der Waals surface area contributed by atoms with Crippen molar-refractivity contribution < 1.29 is 19.4 Å². The summed E-state index contributed by atoms with van der Waals surface area (Å²) in [5.41, 5.74) is 5.06. The third-order valence-corrected chi connectivity index (χ3v) is 6.48. The molecule has 0 bridgehead atoms. The Morgan fingerprint density at radius 1 is 1.43 bits per heavy atom. The Morgan fingerprint density at radius 2 is 2.14 bits per heavy atom. The second kappa shape index (κ2) is 4.86. The molecule has 4 unspecified atom stereocenters. The van der Waals surface area contributed by atoms with E-state index in [0.29, 0.717) is 18.2 Å². The van der Waals surface area contributed by atoms with Crippen LogP contribution in [0.5, 0.6) is 0 Å². The molecule has 118 valence electrons. The number of ether oxygens (including phenoxy) is 1. The minimum Gasteiger partial charge on any atom is -0.480 e. The van der Waals surface area contributed by atoms with Crippen LogP contribution in [-0.4, -0.2) is 57.8 Å². The molecule has 6 nitrogen and oxygen atoms in total. The predicted molar refractivity (Wildman–Crippen MR) is 78.8 cm³/mol. The largest absolute Gasteiger partial charge is 0.480 e. The summed E-state index contributed by atoms with van der Waals surface area (Å²) in [7, 11) is 0. The molecule has 1 amide bonds. The maximum Gasteiger partial charge on any atom is 0.327 e. The van der Waals surface area contributed by atoms with Crippen LogP contribution in [0.2, 0.25) is 0 Å². The number of fused-ring (bicyclic) bond motifs is 1. The standard InChI is InChI=1S/C14H22N2O4S/c1-13(2)10-8(4-3-5-20-10)14(13,15)12(19)16-7-21-6-9(16)11(17)18/h8-10H,3-7,15H2,1-2H3,(H,17,18). The van der Waals surface area contributed by atoms with E-state index >= 15 is 0 Å². The summed E-state index contributed by atoms with van der Waals surface area (Å²) in [5.74, 6) is -0.346. The molecular formula is C14H22N2O4S. The van der Waals surface area contributed by atoms with E-state index in [-0.39, 0.29) is 17.9 Å². The van der Waals surface area contributed by atoms with Gasteiger partial charge in [0.2, 0.25) is 5.91 Å². The molecule has 3 rings (SSSR count). The van der Waals surface area contributed by atoms with Crippen molar-refractivity contribution in [1.29, 1.82) is 0 Å². The van der Waals surface area contributed by atoms with Crippen LogP contribution in [0.25, 0.3) is 0 Å². The van der Waals surface area contributed by atoms with Crippen LogP contribution in [0, 0.1) is 11.3 Å². The second-order valence-electron chi connectivity index (χ2n) is 6.76. The number of carbonyl (C=O) groups excluding carboxylic acids is 1. The number of aliphatic carboxylic acids is 1. The lowest BCUT2D eigenvalue weighted by Crippen LogP contribution is -2.82. The number of thioether (sulfide) groups is 1. The van der Waals surface area contributed by atoms with Crippen LogP contribution in [0.4, 0.5) is 0 Å². The minimum absolute atomic E-state index is 0.00117.